The topological polar surface area (TPSA) is 75.7 Å². The van der Waals surface area contributed by atoms with E-state index in [9.17, 15) is 13.2 Å². The van der Waals surface area contributed by atoms with Gasteiger partial charge in [0.05, 0.1) is 7.11 Å². The van der Waals surface area contributed by atoms with Gasteiger partial charge in [-0.2, -0.15) is 4.31 Å². The molecule has 7 heteroatoms. The zero-order valence-corrected chi connectivity index (χ0v) is 18.5. The third-order valence-corrected chi connectivity index (χ3v) is 9.83. The fraction of sp³-hybridized carbons (Fsp3) is 0.696. The number of amides is 1. The average molecular weight is 433 g/mol. The summed E-state index contributed by atoms with van der Waals surface area (Å²) in [6.07, 6.45) is 9.09. The molecule has 1 aliphatic heterocycles. The van der Waals surface area contributed by atoms with Crippen LogP contribution < -0.4 is 10.1 Å². The molecule has 1 amide bonds. The van der Waals surface area contributed by atoms with Gasteiger partial charge in [-0.15, -0.1) is 0 Å². The number of benzene rings is 1. The quantitative estimate of drug-likeness (QED) is 0.748. The molecular formula is C23H32N2O4S. The number of sulfonamides is 1. The SMILES string of the molecule is COc1ccccc1S(=O)(=O)N1CCCC1CC(=O)NC12CC3CC(CC(C3)C1)C2. The number of hydrogen-bond donors (Lipinski definition) is 1. The van der Waals surface area contributed by atoms with Crippen LogP contribution in [0.4, 0.5) is 0 Å². The number of hydrogen-bond acceptors (Lipinski definition) is 4. The van der Waals surface area contributed by atoms with Crippen LogP contribution in [0.5, 0.6) is 5.75 Å². The number of rotatable bonds is 6. The fourth-order valence-corrected chi connectivity index (χ4v) is 8.96. The van der Waals surface area contributed by atoms with Crippen LogP contribution in [0.1, 0.15) is 57.8 Å². The maximum absolute atomic E-state index is 13.3. The van der Waals surface area contributed by atoms with Gasteiger partial charge in [-0.25, -0.2) is 8.42 Å². The predicted molar refractivity (Wildman–Crippen MR) is 114 cm³/mol. The third-order valence-electron chi connectivity index (χ3n) is 7.84. The van der Waals surface area contributed by atoms with Gasteiger partial charge in [0.25, 0.3) is 0 Å². The molecule has 0 aromatic heterocycles. The molecule has 1 heterocycles. The maximum atomic E-state index is 13.3. The van der Waals surface area contributed by atoms with Crippen molar-refractivity contribution >= 4 is 15.9 Å². The van der Waals surface area contributed by atoms with Gasteiger partial charge in [0, 0.05) is 24.5 Å². The lowest BCUT2D eigenvalue weighted by molar-refractivity contribution is -0.127. The van der Waals surface area contributed by atoms with E-state index < -0.39 is 10.0 Å². The van der Waals surface area contributed by atoms with E-state index in [0.717, 1.165) is 49.9 Å². The molecule has 164 valence electrons. The molecule has 1 unspecified atom stereocenters. The summed E-state index contributed by atoms with van der Waals surface area (Å²) >= 11 is 0. The summed E-state index contributed by atoms with van der Waals surface area (Å²) in [5, 5.41) is 3.40. The van der Waals surface area contributed by atoms with Crippen molar-refractivity contribution in [2.45, 2.75) is 74.3 Å². The molecule has 6 rings (SSSR count). The Morgan fingerprint density at radius 2 is 1.77 bits per heavy atom. The van der Waals surface area contributed by atoms with Gasteiger partial charge in [-0.05, 0) is 81.3 Å². The van der Waals surface area contributed by atoms with Crippen LogP contribution >= 0.6 is 0 Å². The molecule has 1 aromatic carbocycles. The molecule has 0 spiro atoms. The molecule has 0 radical (unpaired) electrons. The van der Waals surface area contributed by atoms with Gasteiger partial charge in [-0.1, -0.05) is 12.1 Å². The van der Waals surface area contributed by atoms with Crippen molar-refractivity contribution in [2.75, 3.05) is 13.7 Å². The first kappa shape index (κ1) is 20.3. The van der Waals surface area contributed by atoms with Gasteiger partial charge in [0.15, 0.2) is 0 Å². The van der Waals surface area contributed by atoms with Gasteiger partial charge < -0.3 is 10.1 Å². The van der Waals surface area contributed by atoms with Crippen molar-refractivity contribution in [3.63, 3.8) is 0 Å². The molecule has 5 fully saturated rings. The molecule has 5 aliphatic rings. The second-order valence-corrected chi connectivity index (χ2v) is 11.9. The zero-order valence-electron chi connectivity index (χ0n) is 17.7. The normalized spacial score (nSPS) is 35.5. The highest BCUT2D eigenvalue weighted by Gasteiger charge is 2.51. The number of carbonyl (C=O) groups excluding carboxylic acids is 1. The third kappa shape index (κ3) is 3.54. The monoisotopic (exact) mass is 432 g/mol. The number of methoxy groups -OCH3 is 1. The van der Waals surface area contributed by atoms with Crippen molar-refractivity contribution in [3.05, 3.63) is 24.3 Å². The lowest BCUT2D eigenvalue weighted by atomic mass is 9.53. The van der Waals surface area contributed by atoms with E-state index in [2.05, 4.69) is 5.32 Å². The molecule has 1 saturated heterocycles. The van der Waals surface area contributed by atoms with Crippen molar-refractivity contribution < 1.29 is 17.9 Å². The van der Waals surface area contributed by atoms with Crippen molar-refractivity contribution in [1.29, 1.82) is 0 Å². The number of ether oxygens (including phenoxy) is 1. The summed E-state index contributed by atoms with van der Waals surface area (Å²) in [4.78, 5) is 13.2. The molecule has 4 saturated carbocycles. The van der Waals surface area contributed by atoms with Gasteiger partial charge in [-0.3, -0.25) is 4.79 Å². The zero-order chi connectivity index (χ0) is 20.9. The molecule has 1 N–H and O–H groups in total. The number of carbonyl (C=O) groups is 1. The molecule has 30 heavy (non-hydrogen) atoms. The van der Waals surface area contributed by atoms with E-state index in [-0.39, 0.29) is 28.8 Å². The molecule has 6 nitrogen and oxygen atoms in total. The number of para-hydroxylation sites is 1. The highest BCUT2D eigenvalue weighted by molar-refractivity contribution is 7.89. The molecule has 4 aliphatic carbocycles. The van der Waals surface area contributed by atoms with Crippen LogP contribution in [0.15, 0.2) is 29.2 Å². The van der Waals surface area contributed by atoms with Crippen LogP contribution in [-0.4, -0.2) is 43.9 Å². The van der Waals surface area contributed by atoms with E-state index in [1.807, 2.05) is 0 Å². The van der Waals surface area contributed by atoms with Crippen LogP contribution in [0, 0.1) is 17.8 Å². The van der Waals surface area contributed by atoms with Crippen molar-refractivity contribution in [2.24, 2.45) is 17.8 Å². The first-order valence-electron chi connectivity index (χ1n) is 11.3. The molecule has 4 bridgehead atoms. The molecule has 1 atom stereocenters. The van der Waals surface area contributed by atoms with E-state index in [4.69, 9.17) is 4.74 Å². The first-order valence-corrected chi connectivity index (χ1v) is 12.8. The van der Waals surface area contributed by atoms with E-state index >= 15 is 0 Å². The Bertz CT molecular complexity index is 894. The van der Waals surface area contributed by atoms with Crippen LogP contribution in [0.2, 0.25) is 0 Å². The lowest BCUT2D eigenvalue weighted by Crippen LogP contribution is -2.60. The Labute approximate surface area is 179 Å². The largest absolute Gasteiger partial charge is 0.495 e. The summed E-state index contributed by atoms with van der Waals surface area (Å²) in [6.45, 7) is 0.454. The Kier molecular flexibility index (Phi) is 5.09. The van der Waals surface area contributed by atoms with Gasteiger partial charge in [0.1, 0.15) is 10.6 Å². The van der Waals surface area contributed by atoms with E-state index in [0.29, 0.717) is 12.3 Å². The minimum atomic E-state index is -3.70. The minimum absolute atomic E-state index is 0.0177. The molecule has 1 aromatic rings. The highest BCUT2D eigenvalue weighted by atomic mass is 32.2. The number of nitrogens with one attached hydrogen (secondary N) is 1. The summed E-state index contributed by atoms with van der Waals surface area (Å²) in [7, 11) is -2.22. The van der Waals surface area contributed by atoms with Crippen molar-refractivity contribution in [1.82, 2.24) is 9.62 Å². The maximum Gasteiger partial charge on any atom is 0.247 e. The Morgan fingerprint density at radius 1 is 1.13 bits per heavy atom. The Balaban J connectivity index is 1.29. The first-order chi connectivity index (χ1) is 14.4. The summed E-state index contributed by atoms with van der Waals surface area (Å²) in [5.41, 5.74) is -0.0310. The van der Waals surface area contributed by atoms with Crippen LogP contribution in [0.25, 0.3) is 0 Å². The molecular weight excluding hydrogens is 400 g/mol. The summed E-state index contributed by atoms with van der Waals surface area (Å²) in [5.74, 6) is 2.67. The fourth-order valence-electron chi connectivity index (χ4n) is 7.11. The van der Waals surface area contributed by atoms with E-state index in [1.54, 1.807) is 24.3 Å². The predicted octanol–water partition coefficient (Wildman–Crippen LogP) is 3.32. The van der Waals surface area contributed by atoms with Gasteiger partial charge >= 0.3 is 0 Å². The Morgan fingerprint density at radius 3 is 2.40 bits per heavy atom. The standard InChI is InChI=1S/C23H32N2O4S/c1-29-20-6-2-3-7-21(20)30(27,28)25-8-4-5-19(25)12-22(26)24-23-13-16-9-17(14-23)11-18(10-16)15-23/h2-3,6-7,16-19H,4-5,8-15H2,1H3,(H,24,26). The van der Waals surface area contributed by atoms with Crippen LogP contribution in [0.3, 0.4) is 0 Å². The average Bonchev–Trinajstić information content (AvgIpc) is 3.15. The Hall–Kier alpha value is -1.60. The second-order valence-electron chi connectivity index (χ2n) is 10.0. The summed E-state index contributed by atoms with van der Waals surface area (Å²) in [6, 6.07) is 6.43. The second kappa shape index (κ2) is 7.52. The summed E-state index contributed by atoms with van der Waals surface area (Å²) < 4.78 is 33.5. The smallest absolute Gasteiger partial charge is 0.247 e. The van der Waals surface area contributed by atoms with Crippen molar-refractivity contribution in [3.8, 4) is 5.75 Å². The lowest BCUT2D eigenvalue weighted by Gasteiger charge is -2.57. The highest BCUT2D eigenvalue weighted by Crippen LogP contribution is 2.55. The minimum Gasteiger partial charge on any atom is -0.495 e. The van der Waals surface area contributed by atoms with E-state index in [1.165, 1.54) is 30.7 Å². The van der Waals surface area contributed by atoms with Gasteiger partial charge in [0.2, 0.25) is 15.9 Å². The number of nitrogens with zero attached hydrogens (tertiary/aromatic N) is 1. The van der Waals surface area contributed by atoms with Crippen LogP contribution in [-0.2, 0) is 14.8 Å².